The molecule has 11 aromatic rings. The van der Waals surface area contributed by atoms with E-state index in [1.54, 1.807) is 0 Å². The van der Waals surface area contributed by atoms with Crippen molar-refractivity contribution in [3.05, 3.63) is 259 Å². The molecule has 13 rings (SSSR count). The van der Waals surface area contributed by atoms with E-state index >= 15 is 0 Å². The van der Waals surface area contributed by atoms with Gasteiger partial charge in [0.05, 0.1) is 11.1 Å². The average Bonchev–Trinajstić information content (AvgIpc) is 3.82. The molecule has 0 aliphatic heterocycles. The van der Waals surface area contributed by atoms with Crippen molar-refractivity contribution in [3.63, 3.8) is 0 Å². The van der Waals surface area contributed by atoms with Gasteiger partial charge in [-0.1, -0.05) is 200 Å². The number of nitrogens with zero attached hydrogens (tertiary/aromatic N) is 1. The van der Waals surface area contributed by atoms with Gasteiger partial charge in [0.1, 0.15) is 0 Å². The summed E-state index contributed by atoms with van der Waals surface area (Å²) in [7, 11) is 0. The van der Waals surface area contributed by atoms with Crippen LogP contribution in [0.3, 0.4) is 0 Å². The first-order valence-corrected chi connectivity index (χ1v) is 21.6. The van der Waals surface area contributed by atoms with Crippen molar-refractivity contribution in [3.8, 4) is 44.5 Å². The Kier molecular flexibility index (Phi) is 7.59. The Balaban J connectivity index is 1.16. The van der Waals surface area contributed by atoms with Crippen LogP contribution < -0.4 is 4.90 Å². The summed E-state index contributed by atoms with van der Waals surface area (Å²) >= 11 is 0. The number of hydrogen-bond donors (Lipinski definition) is 0. The third-order valence-electron chi connectivity index (χ3n) is 13.6. The van der Waals surface area contributed by atoms with Crippen molar-refractivity contribution in [1.29, 1.82) is 0 Å². The molecule has 0 amide bonds. The number of fused-ring (bicyclic) bond motifs is 16. The minimum absolute atomic E-state index is 0.469. The molecule has 1 nitrogen and oxygen atoms in total. The highest BCUT2D eigenvalue weighted by atomic mass is 15.1. The first-order chi connectivity index (χ1) is 30.8. The molecule has 0 heterocycles. The van der Waals surface area contributed by atoms with Gasteiger partial charge in [0, 0.05) is 16.8 Å². The van der Waals surface area contributed by atoms with Crippen LogP contribution in [0.2, 0.25) is 0 Å². The Bertz CT molecular complexity index is 3420. The van der Waals surface area contributed by atoms with Crippen LogP contribution in [0.25, 0.3) is 76.8 Å². The van der Waals surface area contributed by atoms with Gasteiger partial charge in [0.25, 0.3) is 0 Å². The second-order valence-corrected chi connectivity index (χ2v) is 16.7. The van der Waals surface area contributed by atoms with Crippen LogP contribution in [0, 0.1) is 0 Å². The fourth-order valence-electron chi connectivity index (χ4n) is 11.1. The topological polar surface area (TPSA) is 3.24 Å². The molecule has 288 valence electrons. The SMILES string of the molecule is c1ccc(-c2cc(-c3ccccc3)cc(N(c3ccc4c(c3)C3(c5ccccc5-c5ccccc53)c3ccccc3-4)c3cccc4c5ccccc5c5ccccc5c34)c2)cc1. The molecular weight excluding hydrogens is 747 g/mol. The molecule has 0 atom stereocenters. The molecule has 1 spiro atoms. The van der Waals surface area contributed by atoms with Crippen molar-refractivity contribution in [2.75, 3.05) is 4.90 Å². The second-order valence-electron chi connectivity index (χ2n) is 16.7. The maximum atomic E-state index is 2.55. The normalized spacial score (nSPS) is 13.0. The van der Waals surface area contributed by atoms with E-state index in [0.717, 1.165) is 17.1 Å². The van der Waals surface area contributed by atoms with Crippen LogP contribution in [0.4, 0.5) is 17.1 Å². The van der Waals surface area contributed by atoms with Gasteiger partial charge in [-0.2, -0.15) is 0 Å². The third kappa shape index (κ3) is 4.91. The zero-order valence-corrected chi connectivity index (χ0v) is 34.0. The van der Waals surface area contributed by atoms with Crippen molar-refractivity contribution >= 4 is 49.4 Å². The number of hydrogen-bond acceptors (Lipinski definition) is 1. The lowest BCUT2D eigenvalue weighted by Gasteiger charge is -2.33. The summed E-state index contributed by atoms with van der Waals surface area (Å²) in [6.07, 6.45) is 0. The molecule has 62 heavy (non-hydrogen) atoms. The highest BCUT2D eigenvalue weighted by molar-refractivity contribution is 6.28. The van der Waals surface area contributed by atoms with E-state index in [4.69, 9.17) is 0 Å². The van der Waals surface area contributed by atoms with E-state index in [-0.39, 0.29) is 0 Å². The Labute approximate surface area is 361 Å². The van der Waals surface area contributed by atoms with Crippen LogP contribution in [-0.2, 0) is 5.41 Å². The van der Waals surface area contributed by atoms with Gasteiger partial charge < -0.3 is 4.90 Å². The van der Waals surface area contributed by atoms with E-state index in [2.05, 4.69) is 241 Å². The highest BCUT2D eigenvalue weighted by Crippen LogP contribution is 2.63. The van der Waals surface area contributed by atoms with Gasteiger partial charge in [-0.05, 0) is 130 Å². The molecule has 0 fully saturated rings. The Hall–Kier alpha value is -8.00. The van der Waals surface area contributed by atoms with E-state index in [1.165, 1.54) is 99.1 Å². The predicted molar refractivity (Wildman–Crippen MR) is 261 cm³/mol. The smallest absolute Gasteiger partial charge is 0.0726 e. The van der Waals surface area contributed by atoms with Crippen LogP contribution in [0.15, 0.2) is 237 Å². The van der Waals surface area contributed by atoms with E-state index in [0.29, 0.717) is 0 Å². The summed E-state index contributed by atoms with van der Waals surface area (Å²) in [6, 6.07) is 88.0. The number of rotatable bonds is 5. The molecule has 1 heteroatoms. The molecule has 0 unspecified atom stereocenters. The maximum Gasteiger partial charge on any atom is 0.0726 e. The Morgan fingerprint density at radius 1 is 0.258 bits per heavy atom. The van der Waals surface area contributed by atoms with Crippen LogP contribution in [-0.4, -0.2) is 0 Å². The lowest BCUT2D eigenvalue weighted by Crippen LogP contribution is -2.26. The fourth-order valence-corrected chi connectivity index (χ4v) is 11.1. The van der Waals surface area contributed by atoms with Gasteiger partial charge in [-0.15, -0.1) is 0 Å². The largest absolute Gasteiger partial charge is 0.310 e. The van der Waals surface area contributed by atoms with Crippen molar-refractivity contribution in [2.24, 2.45) is 0 Å². The first kappa shape index (κ1) is 34.8. The standard InChI is InChI=1S/C61H39N/c1-3-18-40(19-4-1)42-36-43(41-20-5-2-6-21-41)38-45(37-42)62(59-33-17-29-54-48-23-8-7-22-46(48)47-24-9-10-28-53(47)60(54)59)44-34-35-52-51-27-13-16-32-57(51)61(58(52)39-44)55-30-14-11-25-49(55)50-26-12-15-31-56(50)61/h1-39H. The Morgan fingerprint density at radius 3 is 1.21 bits per heavy atom. The molecule has 2 aliphatic carbocycles. The monoisotopic (exact) mass is 785 g/mol. The fraction of sp³-hybridized carbons (Fsp3) is 0.0164. The maximum absolute atomic E-state index is 2.55. The van der Waals surface area contributed by atoms with E-state index < -0.39 is 5.41 Å². The quantitative estimate of drug-likeness (QED) is 0.157. The number of benzene rings is 11. The Morgan fingerprint density at radius 2 is 0.677 bits per heavy atom. The summed E-state index contributed by atoms with van der Waals surface area (Å²) in [5.74, 6) is 0. The van der Waals surface area contributed by atoms with Crippen LogP contribution >= 0.6 is 0 Å². The average molecular weight is 786 g/mol. The molecule has 0 saturated heterocycles. The zero-order chi connectivity index (χ0) is 40.8. The van der Waals surface area contributed by atoms with Gasteiger partial charge in [0.2, 0.25) is 0 Å². The lowest BCUT2D eigenvalue weighted by atomic mass is 9.70. The third-order valence-corrected chi connectivity index (χ3v) is 13.6. The minimum Gasteiger partial charge on any atom is -0.310 e. The molecule has 0 radical (unpaired) electrons. The summed E-state index contributed by atoms with van der Waals surface area (Å²) in [5.41, 5.74) is 18.2. The summed E-state index contributed by atoms with van der Waals surface area (Å²) in [6.45, 7) is 0. The molecule has 2 aliphatic rings. The second kappa shape index (κ2) is 13.5. The molecule has 0 aromatic heterocycles. The van der Waals surface area contributed by atoms with Crippen LogP contribution in [0.1, 0.15) is 22.3 Å². The van der Waals surface area contributed by atoms with Crippen molar-refractivity contribution in [2.45, 2.75) is 5.41 Å². The van der Waals surface area contributed by atoms with Crippen molar-refractivity contribution < 1.29 is 0 Å². The molecule has 0 bridgehead atoms. The lowest BCUT2D eigenvalue weighted by molar-refractivity contribution is 0.793. The predicted octanol–water partition coefficient (Wildman–Crippen LogP) is 16.3. The van der Waals surface area contributed by atoms with Gasteiger partial charge in [0.15, 0.2) is 0 Å². The first-order valence-electron chi connectivity index (χ1n) is 21.6. The highest BCUT2D eigenvalue weighted by Gasteiger charge is 2.51. The molecule has 0 N–H and O–H groups in total. The van der Waals surface area contributed by atoms with E-state index in [1.807, 2.05) is 0 Å². The number of anilines is 3. The van der Waals surface area contributed by atoms with Crippen LogP contribution in [0.5, 0.6) is 0 Å². The molecular formula is C61H39N. The zero-order valence-electron chi connectivity index (χ0n) is 34.0. The molecule has 11 aromatic carbocycles. The summed E-state index contributed by atoms with van der Waals surface area (Å²) in [4.78, 5) is 2.55. The summed E-state index contributed by atoms with van der Waals surface area (Å²) in [5, 5.41) is 7.51. The molecule has 0 saturated carbocycles. The van der Waals surface area contributed by atoms with Gasteiger partial charge >= 0.3 is 0 Å². The van der Waals surface area contributed by atoms with E-state index in [9.17, 15) is 0 Å². The minimum atomic E-state index is -0.469. The van der Waals surface area contributed by atoms with Gasteiger partial charge in [-0.25, -0.2) is 0 Å². The van der Waals surface area contributed by atoms with Gasteiger partial charge in [-0.3, -0.25) is 0 Å². The van der Waals surface area contributed by atoms with Crippen molar-refractivity contribution in [1.82, 2.24) is 0 Å². The summed E-state index contributed by atoms with van der Waals surface area (Å²) < 4.78 is 0.